The van der Waals surface area contributed by atoms with Gasteiger partial charge in [-0.3, -0.25) is 9.48 Å². The van der Waals surface area contributed by atoms with E-state index in [-0.39, 0.29) is 12.3 Å². The van der Waals surface area contributed by atoms with Gasteiger partial charge in [-0.15, -0.1) is 0 Å². The van der Waals surface area contributed by atoms with Gasteiger partial charge in [0.15, 0.2) is 0 Å². The summed E-state index contributed by atoms with van der Waals surface area (Å²) in [6.45, 7) is 3.20. The highest BCUT2D eigenvalue weighted by atomic mass is 16.1. The van der Waals surface area contributed by atoms with Crippen LogP contribution >= 0.6 is 0 Å². The summed E-state index contributed by atoms with van der Waals surface area (Å²) >= 11 is 0. The summed E-state index contributed by atoms with van der Waals surface area (Å²) in [5.74, 6) is 0.288. The minimum Gasteiger partial charge on any atom is -0.369 e. The van der Waals surface area contributed by atoms with Crippen LogP contribution in [0.5, 0.6) is 0 Å². The average molecular weight is 286 g/mol. The molecule has 1 atom stereocenters. The zero-order chi connectivity index (χ0) is 14.8. The molecule has 1 aliphatic rings. The Kier molecular flexibility index (Phi) is 3.92. The van der Waals surface area contributed by atoms with E-state index in [1.807, 2.05) is 18.2 Å². The Morgan fingerprint density at radius 3 is 3.00 bits per heavy atom. The first kappa shape index (κ1) is 14.1. The third kappa shape index (κ3) is 3.08. The van der Waals surface area contributed by atoms with Gasteiger partial charge in [-0.1, -0.05) is 18.2 Å². The van der Waals surface area contributed by atoms with E-state index in [4.69, 9.17) is 5.73 Å². The first-order chi connectivity index (χ1) is 10.1. The monoisotopic (exact) mass is 286 g/mol. The second-order valence-electron chi connectivity index (χ2n) is 6.06. The van der Waals surface area contributed by atoms with E-state index in [0.717, 1.165) is 29.7 Å². The molecule has 0 radical (unpaired) electrons. The maximum atomic E-state index is 11.2. The topological polar surface area (TPSA) is 64.2 Å². The number of rotatable bonds is 4. The number of piperidine rings is 1. The quantitative estimate of drug-likeness (QED) is 0.924. The van der Waals surface area contributed by atoms with Crippen molar-refractivity contribution >= 4 is 16.8 Å². The van der Waals surface area contributed by atoms with Gasteiger partial charge in [0.1, 0.15) is 0 Å². The number of nitrogens with zero attached hydrogens (tertiary/aromatic N) is 3. The lowest BCUT2D eigenvalue weighted by atomic mass is 9.98. The molecule has 0 spiro atoms. The van der Waals surface area contributed by atoms with E-state index >= 15 is 0 Å². The van der Waals surface area contributed by atoms with Crippen molar-refractivity contribution < 1.29 is 4.79 Å². The first-order valence-electron chi connectivity index (χ1n) is 7.55. The summed E-state index contributed by atoms with van der Waals surface area (Å²) in [6, 6.07) is 8.08. The van der Waals surface area contributed by atoms with Gasteiger partial charge in [-0.2, -0.15) is 5.10 Å². The van der Waals surface area contributed by atoms with Crippen LogP contribution in [0.3, 0.4) is 0 Å². The summed E-state index contributed by atoms with van der Waals surface area (Å²) in [7, 11) is 2.17. The van der Waals surface area contributed by atoms with E-state index < -0.39 is 0 Å². The molecule has 5 nitrogen and oxygen atoms in total. The predicted molar refractivity (Wildman–Crippen MR) is 82.9 cm³/mol. The number of hydrogen-bond donors (Lipinski definition) is 1. The summed E-state index contributed by atoms with van der Waals surface area (Å²) in [5.41, 5.74) is 7.23. The molecule has 21 heavy (non-hydrogen) atoms. The molecule has 5 heteroatoms. The molecule has 0 aliphatic carbocycles. The van der Waals surface area contributed by atoms with Crippen molar-refractivity contribution in [2.24, 2.45) is 11.7 Å². The molecule has 1 aliphatic heterocycles. The van der Waals surface area contributed by atoms with Crippen LogP contribution in [-0.2, 0) is 17.8 Å². The standard InChI is InChI=1S/C16H22N4O/c1-19-8-4-5-12(10-19)11-20-15-7-3-2-6-13(15)14(18-20)9-16(17)21/h2-3,6-7,12H,4-5,8-11H2,1H3,(H2,17,21)/t12-/m0/s1. The predicted octanol–water partition coefficient (Wildman–Crippen LogP) is 1.41. The number of amides is 1. The zero-order valence-electron chi connectivity index (χ0n) is 12.5. The van der Waals surface area contributed by atoms with Crippen molar-refractivity contribution in [2.45, 2.75) is 25.8 Å². The highest BCUT2D eigenvalue weighted by molar-refractivity contribution is 5.87. The molecule has 0 saturated carbocycles. The van der Waals surface area contributed by atoms with E-state index in [9.17, 15) is 4.79 Å². The Morgan fingerprint density at radius 1 is 1.43 bits per heavy atom. The van der Waals surface area contributed by atoms with Crippen molar-refractivity contribution in [1.29, 1.82) is 0 Å². The molecule has 1 aromatic carbocycles. The van der Waals surface area contributed by atoms with E-state index in [1.54, 1.807) is 0 Å². The smallest absolute Gasteiger partial charge is 0.223 e. The van der Waals surface area contributed by atoms with Gasteiger partial charge >= 0.3 is 0 Å². The third-order valence-corrected chi connectivity index (χ3v) is 4.23. The number of aromatic nitrogens is 2. The van der Waals surface area contributed by atoms with Crippen molar-refractivity contribution in [3.05, 3.63) is 30.0 Å². The molecule has 2 heterocycles. The minimum absolute atomic E-state index is 0.206. The van der Waals surface area contributed by atoms with Crippen LogP contribution in [-0.4, -0.2) is 40.7 Å². The van der Waals surface area contributed by atoms with Gasteiger partial charge in [-0.25, -0.2) is 0 Å². The molecule has 3 rings (SSSR count). The molecular formula is C16H22N4O. The number of nitrogens with two attached hydrogens (primary N) is 1. The molecule has 1 saturated heterocycles. The number of primary amides is 1. The highest BCUT2D eigenvalue weighted by Crippen LogP contribution is 2.23. The summed E-state index contributed by atoms with van der Waals surface area (Å²) in [4.78, 5) is 13.6. The lowest BCUT2D eigenvalue weighted by Crippen LogP contribution is -2.34. The normalized spacial score (nSPS) is 20.0. The molecule has 112 valence electrons. The third-order valence-electron chi connectivity index (χ3n) is 4.23. The SMILES string of the molecule is CN1CCC[C@H](Cn2nc(CC(N)=O)c3ccccc32)C1. The summed E-state index contributed by atoms with van der Waals surface area (Å²) in [5, 5.41) is 5.69. The van der Waals surface area contributed by atoms with E-state index in [0.29, 0.717) is 5.92 Å². The first-order valence-corrected chi connectivity index (χ1v) is 7.55. The maximum absolute atomic E-state index is 11.2. The maximum Gasteiger partial charge on any atom is 0.223 e. The number of benzene rings is 1. The van der Waals surface area contributed by atoms with E-state index in [1.165, 1.54) is 19.4 Å². The van der Waals surface area contributed by atoms with Crippen LogP contribution in [0.2, 0.25) is 0 Å². The Morgan fingerprint density at radius 2 is 2.24 bits per heavy atom. The zero-order valence-corrected chi connectivity index (χ0v) is 12.5. The van der Waals surface area contributed by atoms with Crippen LogP contribution in [0.25, 0.3) is 10.9 Å². The molecule has 0 bridgehead atoms. The fourth-order valence-corrected chi connectivity index (χ4v) is 3.30. The lowest BCUT2D eigenvalue weighted by molar-refractivity contribution is -0.117. The summed E-state index contributed by atoms with van der Waals surface area (Å²) < 4.78 is 2.05. The Balaban J connectivity index is 1.89. The fraction of sp³-hybridized carbons (Fsp3) is 0.500. The molecule has 1 fully saturated rings. The van der Waals surface area contributed by atoms with E-state index in [2.05, 4.69) is 27.8 Å². The second kappa shape index (κ2) is 5.85. The van der Waals surface area contributed by atoms with Crippen molar-refractivity contribution in [3.63, 3.8) is 0 Å². The molecular weight excluding hydrogens is 264 g/mol. The molecule has 1 amide bonds. The van der Waals surface area contributed by atoms with Gasteiger partial charge in [0.2, 0.25) is 5.91 Å². The van der Waals surface area contributed by atoms with Crippen molar-refractivity contribution in [2.75, 3.05) is 20.1 Å². The van der Waals surface area contributed by atoms with Gasteiger partial charge < -0.3 is 10.6 Å². The van der Waals surface area contributed by atoms with Crippen LogP contribution in [0.4, 0.5) is 0 Å². The molecule has 1 aromatic heterocycles. The fourth-order valence-electron chi connectivity index (χ4n) is 3.30. The summed E-state index contributed by atoms with van der Waals surface area (Å²) in [6.07, 6.45) is 2.69. The number of para-hydroxylation sites is 1. The van der Waals surface area contributed by atoms with Crippen molar-refractivity contribution in [1.82, 2.24) is 14.7 Å². The number of likely N-dealkylation sites (tertiary alicyclic amines) is 1. The van der Waals surface area contributed by atoms with Crippen molar-refractivity contribution in [3.8, 4) is 0 Å². The number of carbonyl (C=O) groups is 1. The lowest BCUT2D eigenvalue weighted by Gasteiger charge is -2.29. The van der Waals surface area contributed by atoms with Crippen LogP contribution < -0.4 is 5.73 Å². The van der Waals surface area contributed by atoms with Crippen LogP contribution in [0, 0.1) is 5.92 Å². The Hall–Kier alpha value is -1.88. The highest BCUT2D eigenvalue weighted by Gasteiger charge is 2.20. The van der Waals surface area contributed by atoms with Gasteiger partial charge in [0.25, 0.3) is 0 Å². The molecule has 0 unspecified atom stereocenters. The molecule has 2 aromatic rings. The van der Waals surface area contributed by atoms with Gasteiger partial charge in [-0.05, 0) is 38.4 Å². The van der Waals surface area contributed by atoms with Crippen LogP contribution in [0.15, 0.2) is 24.3 Å². The largest absolute Gasteiger partial charge is 0.369 e. The number of carbonyl (C=O) groups excluding carboxylic acids is 1. The Bertz CT molecular complexity index is 649. The Labute approximate surface area is 124 Å². The number of hydrogen-bond acceptors (Lipinski definition) is 3. The molecule has 2 N–H and O–H groups in total. The van der Waals surface area contributed by atoms with Crippen LogP contribution in [0.1, 0.15) is 18.5 Å². The second-order valence-corrected chi connectivity index (χ2v) is 6.06. The minimum atomic E-state index is -0.331. The average Bonchev–Trinajstić information content (AvgIpc) is 2.77. The van der Waals surface area contributed by atoms with Gasteiger partial charge in [0, 0.05) is 18.5 Å². The van der Waals surface area contributed by atoms with Gasteiger partial charge in [0.05, 0.1) is 17.6 Å². The number of fused-ring (bicyclic) bond motifs is 1.